The number of anilines is 1. The average Bonchev–Trinajstić information content (AvgIpc) is 3.09. The quantitative estimate of drug-likeness (QED) is 0.616. The largest absolute Gasteiger partial charge is 0.444 e. The average molecular weight is 458 g/mol. The molecule has 26 heavy (non-hydrogen) atoms. The van der Waals surface area contributed by atoms with Gasteiger partial charge in [0.2, 0.25) is 10.0 Å². The number of rotatable bonds is 4. The zero-order valence-electron chi connectivity index (χ0n) is 14.2. The van der Waals surface area contributed by atoms with E-state index in [1.165, 1.54) is 23.5 Å². The molecule has 0 saturated carbocycles. The summed E-state index contributed by atoms with van der Waals surface area (Å²) in [6.07, 6.45) is 0. The molecule has 3 rings (SSSR count). The Morgan fingerprint density at radius 3 is 2.58 bits per heavy atom. The minimum Gasteiger partial charge on any atom is -0.444 e. The molecule has 0 bridgehead atoms. The Balaban J connectivity index is 1.87. The van der Waals surface area contributed by atoms with Crippen molar-refractivity contribution >= 4 is 58.5 Å². The van der Waals surface area contributed by atoms with Gasteiger partial charge < -0.3 is 4.42 Å². The minimum atomic E-state index is -3.64. The van der Waals surface area contributed by atoms with E-state index in [0.29, 0.717) is 20.0 Å². The number of benzene rings is 1. The highest BCUT2D eigenvalue weighted by atomic mass is 79.9. The second-order valence-electron chi connectivity index (χ2n) is 6.56. The fourth-order valence-corrected chi connectivity index (χ4v) is 4.91. The predicted molar refractivity (Wildman–Crippen MR) is 104 cm³/mol. The van der Waals surface area contributed by atoms with Crippen LogP contribution in [0.5, 0.6) is 0 Å². The van der Waals surface area contributed by atoms with Gasteiger partial charge in [-0.3, -0.25) is 10.1 Å². The standard InChI is InChI=1S/C16H16BrN3O4S2/c1-16(2,3)20-26(22,23)9-4-5-10-12(8-9)25-15(18-10)19-14(21)11-6-7-13(17)24-11/h4-8,20H,1-3H3,(H,18,19,21). The van der Waals surface area contributed by atoms with Crippen molar-refractivity contribution in [1.29, 1.82) is 0 Å². The Labute approximate surface area is 163 Å². The van der Waals surface area contributed by atoms with E-state index in [9.17, 15) is 13.2 Å². The van der Waals surface area contributed by atoms with E-state index in [0.717, 1.165) is 0 Å². The smallest absolute Gasteiger partial charge is 0.293 e. The summed E-state index contributed by atoms with van der Waals surface area (Å²) >= 11 is 4.33. The number of hydrogen-bond donors (Lipinski definition) is 2. The maximum Gasteiger partial charge on any atom is 0.293 e. The normalized spacial score (nSPS) is 12.5. The predicted octanol–water partition coefficient (Wildman–Crippen LogP) is 3.98. The van der Waals surface area contributed by atoms with Gasteiger partial charge in [-0.2, -0.15) is 0 Å². The number of amides is 1. The van der Waals surface area contributed by atoms with Crippen molar-refractivity contribution in [2.75, 3.05) is 5.32 Å². The van der Waals surface area contributed by atoms with Crippen molar-refractivity contribution in [2.45, 2.75) is 31.2 Å². The number of carbonyl (C=O) groups is 1. The minimum absolute atomic E-state index is 0.147. The summed E-state index contributed by atoms with van der Waals surface area (Å²) in [6, 6.07) is 7.80. The van der Waals surface area contributed by atoms with Gasteiger partial charge in [-0.1, -0.05) is 11.3 Å². The van der Waals surface area contributed by atoms with Crippen molar-refractivity contribution in [3.63, 3.8) is 0 Å². The molecule has 0 aliphatic heterocycles. The maximum absolute atomic E-state index is 12.4. The molecular formula is C16H16BrN3O4S2. The first-order valence-corrected chi connectivity index (χ1v) is 10.6. The number of nitrogens with one attached hydrogen (secondary N) is 2. The Bertz CT molecular complexity index is 1080. The van der Waals surface area contributed by atoms with E-state index in [4.69, 9.17) is 4.42 Å². The maximum atomic E-state index is 12.4. The summed E-state index contributed by atoms with van der Waals surface area (Å²) in [6.45, 7) is 5.32. The van der Waals surface area contributed by atoms with Crippen LogP contribution < -0.4 is 10.0 Å². The molecule has 0 aliphatic rings. The third-order valence-electron chi connectivity index (χ3n) is 3.13. The van der Waals surface area contributed by atoms with Crippen LogP contribution in [-0.2, 0) is 10.0 Å². The summed E-state index contributed by atoms with van der Waals surface area (Å²) in [5.41, 5.74) is 0.0124. The first-order chi connectivity index (χ1) is 12.0. The van der Waals surface area contributed by atoms with E-state index in [1.807, 2.05) is 0 Å². The Morgan fingerprint density at radius 2 is 1.96 bits per heavy atom. The lowest BCUT2D eigenvalue weighted by atomic mass is 10.1. The number of hydrogen-bond acceptors (Lipinski definition) is 6. The Kier molecular flexibility index (Phi) is 4.95. The molecule has 0 spiro atoms. The van der Waals surface area contributed by atoms with Gasteiger partial charge in [-0.15, -0.1) is 0 Å². The lowest BCUT2D eigenvalue weighted by molar-refractivity contribution is 0.0995. The van der Waals surface area contributed by atoms with Crippen LogP contribution in [-0.4, -0.2) is 24.8 Å². The fraction of sp³-hybridized carbons (Fsp3) is 0.250. The van der Waals surface area contributed by atoms with Gasteiger partial charge in [0.05, 0.1) is 15.1 Å². The molecular weight excluding hydrogens is 442 g/mol. The number of sulfonamides is 1. The first-order valence-electron chi connectivity index (χ1n) is 7.55. The van der Waals surface area contributed by atoms with Crippen molar-refractivity contribution in [3.8, 4) is 0 Å². The molecule has 10 heteroatoms. The van der Waals surface area contributed by atoms with E-state index >= 15 is 0 Å². The SMILES string of the molecule is CC(C)(C)NS(=O)(=O)c1ccc2nc(NC(=O)c3ccc(Br)o3)sc2c1. The van der Waals surface area contributed by atoms with Gasteiger partial charge in [0, 0.05) is 5.54 Å². The van der Waals surface area contributed by atoms with Crippen LogP contribution in [0.4, 0.5) is 5.13 Å². The topological polar surface area (TPSA) is 101 Å². The van der Waals surface area contributed by atoms with Crippen molar-refractivity contribution in [1.82, 2.24) is 9.71 Å². The molecule has 0 aliphatic carbocycles. The van der Waals surface area contributed by atoms with Crippen molar-refractivity contribution in [3.05, 3.63) is 40.8 Å². The number of aromatic nitrogens is 1. The van der Waals surface area contributed by atoms with Gasteiger partial charge in [0.1, 0.15) is 0 Å². The monoisotopic (exact) mass is 457 g/mol. The lowest BCUT2D eigenvalue weighted by Gasteiger charge is -2.20. The molecule has 138 valence electrons. The van der Waals surface area contributed by atoms with Gasteiger partial charge in [-0.25, -0.2) is 18.1 Å². The zero-order chi connectivity index (χ0) is 19.1. The second-order valence-corrected chi connectivity index (χ2v) is 10.1. The van der Waals surface area contributed by atoms with Crippen LogP contribution in [0, 0.1) is 0 Å². The van der Waals surface area contributed by atoms with Crippen LogP contribution in [0.2, 0.25) is 0 Å². The number of thiazole rings is 1. The van der Waals surface area contributed by atoms with Crippen LogP contribution in [0.3, 0.4) is 0 Å². The molecule has 3 aromatic rings. The highest BCUT2D eigenvalue weighted by molar-refractivity contribution is 9.10. The number of nitrogens with zero attached hydrogens (tertiary/aromatic N) is 1. The molecule has 2 heterocycles. The third kappa shape index (κ3) is 4.32. The number of fused-ring (bicyclic) bond motifs is 1. The molecule has 1 aromatic carbocycles. The van der Waals surface area contributed by atoms with Crippen LogP contribution >= 0.6 is 27.3 Å². The van der Waals surface area contributed by atoms with Crippen LogP contribution in [0.1, 0.15) is 31.3 Å². The molecule has 0 saturated heterocycles. The molecule has 1 amide bonds. The van der Waals surface area contributed by atoms with Gasteiger partial charge >= 0.3 is 0 Å². The Hall–Kier alpha value is -1.75. The fourth-order valence-electron chi connectivity index (χ4n) is 2.18. The first kappa shape index (κ1) is 19.0. The van der Waals surface area contributed by atoms with E-state index in [2.05, 4.69) is 31.0 Å². The molecule has 0 unspecified atom stereocenters. The summed E-state index contributed by atoms with van der Waals surface area (Å²) in [5.74, 6) is -0.286. The van der Waals surface area contributed by atoms with Crippen molar-refractivity contribution in [2.24, 2.45) is 0 Å². The summed E-state index contributed by atoms with van der Waals surface area (Å²) < 4.78 is 33.8. The van der Waals surface area contributed by atoms with E-state index < -0.39 is 21.5 Å². The molecule has 0 atom stereocenters. The Morgan fingerprint density at radius 1 is 1.23 bits per heavy atom. The number of carbonyl (C=O) groups excluding carboxylic acids is 1. The third-order valence-corrected chi connectivity index (χ3v) is 6.24. The molecule has 7 nitrogen and oxygen atoms in total. The molecule has 0 fully saturated rings. The summed E-state index contributed by atoms with van der Waals surface area (Å²) in [5, 5.41) is 3.00. The molecule has 0 radical (unpaired) electrons. The zero-order valence-corrected chi connectivity index (χ0v) is 17.4. The number of halogens is 1. The van der Waals surface area contributed by atoms with Crippen molar-refractivity contribution < 1.29 is 17.6 Å². The number of furan rings is 1. The summed E-state index contributed by atoms with van der Waals surface area (Å²) in [7, 11) is -3.64. The summed E-state index contributed by atoms with van der Waals surface area (Å²) in [4.78, 5) is 16.6. The highest BCUT2D eigenvalue weighted by Crippen LogP contribution is 2.29. The van der Waals surface area contributed by atoms with Gasteiger partial charge in [0.25, 0.3) is 5.91 Å². The van der Waals surface area contributed by atoms with Crippen LogP contribution in [0.15, 0.2) is 44.3 Å². The van der Waals surface area contributed by atoms with Crippen LogP contribution in [0.25, 0.3) is 10.2 Å². The lowest BCUT2D eigenvalue weighted by Crippen LogP contribution is -2.40. The highest BCUT2D eigenvalue weighted by Gasteiger charge is 2.23. The second kappa shape index (κ2) is 6.76. The molecule has 2 aromatic heterocycles. The molecule has 2 N–H and O–H groups in total. The van der Waals surface area contributed by atoms with E-state index in [-0.39, 0.29) is 10.7 Å². The van der Waals surface area contributed by atoms with Gasteiger partial charge in [-0.05, 0) is 67.0 Å². The van der Waals surface area contributed by atoms with Gasteiger partial charge in [0.15, 0.2) is 15.6 Å². The van der Waals surface area contributed by atoms with E-state index in [1.54, 1.807) is 39.0 Å².